The Bertz CT molecular complexity index is 1500. The van der Waals surface area contributed by atoms with Gasteiger partial charge in [0.1, 0.15) is 17.3 Å². The number of fused-ring (bicyclic) bond motifs is 4. The van der Waals surface area contributed by atoms with Crippen molar-refractivity contribution >= 4 is 49.2 Å². The fraction of sp³-hybridized carbons (Fsp3) is 0.125. The van der Waals surface area contributed by atoms with Crippen LogP contribution in [-0.4, -0.2) is 35.0 Å². The van der Waals surface area contributed by atoms with Crippen LogP contribution in [0.25, 0.3) is 32.0 Å². The summed E-state index contributed by atoms with van der Waals surface area (Å²) in [5, 5.41) is 3.31. The van der Waals surface area contributed by atoms with Gasteiger partial charge in [0.15, 0.2) is 0 Å². The molecule has 0 atom stereocenters. The van der Waals surface area contributed by atoms with E-state index in [-0.39, 0.29) is 17.6 Å². The van der Waals surface area contributed by atoms with Crippen molar-refractivity contribution in [1.29, 1.82) is 0 Å². The zero-order valence-corrected chi connectivity index (χ0v) is 17.1. The summed E-state index contributed by atoms with van der Waals surface area (Å²) in [7, 11) is 0. The summed E-state index contributed by atoms with van der Waals surface area (Å²) in [6.45, 7) is 0.809. The van der Waals surface area contributed by atoms with Gasteiger partial charge in [0.05, 0.1) is 23.3 Å². The van der Waals surface area contributed by atoms with Gasteiger partial charge in [0.25, 0.3) is 11.1 Å². The third-order valence-electron chi connectivity index (χ3n) is 5.55. The highest BCUT2D eigenvalue weighted by Gasteiger charge is 2.35. The number of aromatic nitrogens is 1. The molecule has 0 saturated carbocycles. The first kappa shape index (κ1) is 18.1. The van der Waals surface area contributed by atoms with Crippen LogP contribution in [0.2, 0.25) is 0 Å². The Labute approximate surface area is 180 Å². The molecule has 31 heavy (non-hydrogen) atoms. The quantitative estimate of drug-likeness (QED) is 0.313. The van der Waals surface area contributed by atoms with E-state index < -0.39 is 5.63 Å². The second kappa shape index (κ2) is 6.92. The van der Waals surface area contributed by atoms with E-state index in [0.29, 0.717) is 23.9 Å². The summed E-state index contributed by atoms with van der Waals surface area (Å²) in [6.07, 6.45) is -0.141. The third kappa shape index (κ3) is 3.05. The number of para-hydroxylation sites is 1. The molecule has 0 N–H and O–H groups in total. The van der Waals surface area contributed by atoms with Gasteiger partial charge < -0.3 is 14.1 Å². The van der Waals surface area contributed by atoms with Gasteiger partial charge in [-0.25, -0.2) is 9.78 Å². The molecule has 0 bridgehead atoms. The van der Waals surface area contributed by atoms with Gasteiger partial charge in [-0.15, -0.1) is 0 Å². The average Bonchev–Trinajstić information content (AvgIpc) is 3.17. The SMILES string of the molecule is O=C(c1cc2c(ccc3ccccc32)oc1=O)N1CC(Oc2nc3ccccc3s2)C1. The Morgan fingerprint density at radius 2 is 1.84 bits per heavy atom. The number of hydrogen-bond donors (Lipinski definition) is 0. The molecule has 1 aliphatic rings. The van der Waals surface area contributed by atoms with E-state index in [1.165, 1.54) is 11.3 Å². The zero-order valence-electron chi connectivity index (χ0n) is 16.3. The number of carbonyl (C=O) groups is 1. The minimum absolute atomic E-state index is 0.0438. The summed E-state index contributed by atoms with van der Waals surface area (Å²) in [5.74, 6) is -0.340. The van der Waals surface area contributed by atoms with E-state index in [2.05, 4.69) is 4.98 Å². The standard InChI is InChI=1S/C24H16N2O4S/c27-22(26-12-15(13-26)29-24-25-19-7-3-4-8-21(19)31-24)18-11-17-16-6-2-1-5-14(16)9-10-20(17)30-23(18)28/h1-11,15H,12-13H2. The van der Waals surface area contributed by atoms with E-state index in [9.17, 15) is 9.59 Å². The summed E-state index contributed by atoms with van der Waals surface area (Å²) in [5.41, 5.74) is 0.794. The van der Waals surface area contributed by atoms with Crippen LogP contribution in [0.4, 0.5) is 0 Å². The maximum absolute atomic E-state index is 13.0. The predicted octanol–water partition coefficient (Wildman–Crippen LogP) is 4.46. The van der Waals surface area contributed by atoms with Crippen LogP contribution in [0.3, 0.4) is 0 Å². The van der Waals surface area contributed by atoms with Crippen molar-refractivity contribution in [2.45, 2.75) is 6.10 Å². The summed E-state index contributed by atoms with van der Waals surface area (Å²) < 4.78 is 12.4. The molecule has 3 aromatic carbocycles. The third-order valence-corrected chi connectivity index (χ3v) is 6.48. The van der Waals surface area contributed by atoms with Crippen molar-refractivity contribution in [2.75, 3.05) is 13.1 Å². The molecule has 7 heteroatoms. The van der Waals surface area contributed by atoms with Gasteiger partial charge in [-0.2, -0.15) is 0 Å². The van der Waals surface area contributed by atoms with E-state index >= 15 is 0 Å². The number of ether oxygens (including phenoxy) is 1. The van der Waals surface area contributed by atoms with Gasteiger partial charge in [0, 0.05) is 5.39 Å². The summed E-state index contributed by atoms with van der Waals surface area (Å²) in [6, 6.07) is 21.0. The summed E-state index contributed by atoms with van der Waals surface area (Å²) in [4.78, 5) is 31.5. The Morgan fingerprint density at radius 3 is 2.71 bits per heavy atom. The molecule has 6 rings (SSSR count). The predicted molar refractivity (Wildman–Crippen MR) is 120 cm³/mol. The minimum atomic E-state index is -0.622. The van der Waals surface area contributed by atoms with E-state index in [0.717, 1.165) is 26.4 Å². The molecule has 5 aromatic rings. The molecule has 152 valence electrons. The normalized spacial score (nSPS) is 14.3. The molecule has 0 unspecified atom stereocenters. The first-order chi connectivity index (χ1) is 15.2. The van der Waals surface area contributed by atoms with Crippen LogP contribution in [0, 0.1) is 0 Å². The molecule has 1 saturated heterocycles. The maximum Gasteiger partial charge on any atom is 0.349 e. The Balaban J connectivity index is 1.24. The van der Waals surface area contributed by atoms with Crippen molar-refractivity contribution in [3.05, 3.63) is 82.7 Å². The largest absolute Gasteiger partial charge is 0.463 e. The lowest BCUT2D eigenvalue weighted by atomic mass is 10.0. The maximum atomic E-state index is 13.0. The molecule has 1 fully saturated rings. The van der Waals surface area contributed by atoms with Gasteiger partial charge in [-0.1, -0.05) is 53.8 Å². The molecular weight excluding hydrogens is 412 g/mol. The molecule has 2 aromatic heterocycles. The van der Waals surface area contributed by atoms with Crippen LogP contribution in [0.5, 0.6) is 5.19 Å². The van der Waals surface area contributed by atoms with E-state index in [4.69, 9.17) is 9.15 Å². The smallest absolute Gasteiger partial charge is 0.349 e. The molecule has 0 spiro atoms. The Hall–Kier alpha value is -3.71. The molecule has 0 aliphatic carbocycles. The molecular formula is C24H16N2O4S. The highest BCUT2D eigenvalue weighted by molar-refractivity contribution is 7.20. The van der Waals surface area contributed by atoms with Crippen LogP contribution in [0.15, 0.2) is 75.9 Å². The first-order valence-corrected chi connectivity index (χ1v) is 10.7. The second-order valence-electron chi connectivity index (χ2n) is 7.54. The number of likely N-dealkylation sites (tertiary alicyclic amines) is 1. The Morgan fingerprint density at radius 1 is 1.03 bits per heavy atom. The second-order valence-corrected chi connectivity index (χ2v) is 8.54. The number of benzene rings is 3. The number of hydrogen-bond acceptors (Lipinski definition) is 6. The highest BCUT2D eigenvalue weighted by Crippen LogP contribution is 2.30. The molecule has 0 radical (unpaired) electrons. The van der Waals surface area contributed by atoms with E-state index in [1.54, 1.807) is 17.0 Å². The van der Waals surface area contributed by atoms with Crippen molar-refractivity contribution < 1.29 is 13.9 Å². The zero-order chi connectivity index (χ0) is 20.9. The van der Waals surface area contributed by atoms with Crippen LogP contribution in [-0.2, 0) is 0 Å². The molecule has 3 heterocycles. The lowest BCUT2D eigenvalue weighted by Crippen LogP contribution is -2.56. The van der Waals surface area contributed by atoms with Crippen LogP contribution in [0.1, 0.15) is 10.4 Å². The fourth-order valence-corrected chi connectivity index (χ4v) is 4.79. The summed E-state index contributed by atoms with van der Waals surface area (Å²) >= 11 is 1.48. The van der Waals surface area contributed by atoms with Crippen LogP contribution >= 0.6 is 11.3 Å². The molecule has 6 nitrogen and oxygen atoms in total. The monoisotopic (exact) mass is 428 g/mol. The number of carbonyl (C=O) groups excluding carboxylic acids is 1. The number of thiazole rings is 1. The van der Waals surface area contributed by atoms with Gasteiger partial charge in [-0.05, 0) is 35.0 Å². The highest BCUT2D eigenvalue weighted by atomic mass is 32.1. The van der Waals surface area contributed by atoms with Crippen molar-refractivity contribution in [3.63, 3.8) is 0 Å². The number of rotatable bonds is 3. The molecule has 1 aliphatic heterocycles. The topological polar surface area (TPSA) is 72.6 Å². The van der Waals surface area contributed by atoms with Crippen molar-refractivity contribution in [2.24, 2.45) is 0 Å². The van der Waals surface area contributed by atoms with E-state index in [1.807, 2.05) is 54.6 Å². The average molecular weight is 428 g/mol. The van der Waals surface area contributed by atoms with Gasteiger partial charge in [0.2, 0.25) is 0 Å². The van der Waals surface area contributed by atoms with Gasteiger partial charge in [-0.3, -0.25) is 4.79 Å². The van der Waals surface area contributed by atoms with Crippen molar-refractivity contribution in [1.82, 2.24) is 9.88 Å². The lowest BCUT2D eigenvalue weighted by Gasteiger charge is -2.38. The number of amides is 1. The van der Waals surface area contributed by atoms with Crippen LogP contribution < -0.4 is 10.4 Å². The number of nitrogens with zero attached hydrogens (tertiary/aromatic N) is 2. The van der Waals surface area contributed by atoms with Gasteiger partial charge >= 0.3 is 5.63 Å². The first-order valence-electron chi connectivity index (χ1n) is 9.93. The fourth-order valence-electron chi connectivity index (χ4n) is 3.91. The Kier molecular flexibility index (Phi) is 4.04. The lowest BCUT2D eigenvalue weighted by molar-refractivity contribution is 0.0175. The minimum Gasteiger partial charge on any atom is -0.463 e. The van der Waals surface area contributed by atoms with Crippen molar-refractivity contribution in [3.8, 4) is 5.19 Å². The molecule has 1 amide bonds.